The van der Waals surface area contributed by atoms with Gasteiger partial charge in [-0.3, -0.25) is 4.79 Å². The van der Waals surface area contributed by atoms with Crippen LogP contribution in [0, 0.1) is 11.3 Å². The van der Waals surface area contributed by atoms with Crippen molar-refractivity contribution in [3.8, 4) is 0 Å². The molecule has 0 radical (unpaired) electrons. The molecule has 3 heteroatoms. The number of esters is 1. The number of carbonyl (C=O) groups excluding carboxylic acids is 1. The van der Waals surface area contributed by atoms with Gasteiger partial charge in [0.15, 0.2) is 0 Å². The van der Waals surface area contributed by atoms with Crippen LogP contribution in [0.5, 0.6) is 0 Å². The van der Waals surface area contributed by atoms with E-state index in [1.54, 1.807) is 0 Å². The molecule has 0 aromatic heterocycles. The molecule has 2 unspecified atom stereocenters. The Morgan fingerprint density at radius 1 is 1.50 bits per heavy atom. The van der Waals surface area contributed by atoms with Gasteiger partial charge in [-0.15, -0.1) is 0 Å². The third kappa shape index (κ3) is 2.76. The second kappa shape index (κ2) is 4.74. The fourth-order valence-corrected chi connectivity index (χ4v) is 3.25. The molecule has 0 aromatic rings. The van der Waals surface area contributed by atoms with Crippen LogP contribution in [-0.2, 0) is 9.53 Å². The van der Waals surface area contributed by atoms with Crippen LogP contribution in [0.15, 0.2) is 0 Å². The summed E-state index contributed by atoms with van der Waals surface area (Å²) in [5.74, 6) is 0.429. The van der Waals surface area contributed by atoms with Crippen molar-refractivity contribution in [3.05, 3.63) is 0 Å². The largest absolute Gasteiger partial charge is 0.466 e. The highest BCUT2D eigenvalue weighted by atomic mass is 16.5. The lowest BCUT2D eigenvalue weighted by Crippen LogP contribution is -2.47. The van der Waals surface area contributed by atoms with E-state index in [-0.39, 0.29) is 11.5 Å². The molecule has 0 amide bonds. The van der Waals surface area contributed by atoms with Gasteiger partial charge in [0, 0.05) is 5.54 Å². The predicted octanol–water partition coefficient (Wildman–Crippen LogP) is 2.35. The zero-order chi connectivity index (χ0) is 12.4. The molecule has 1 N–H and O–H groups in total. The summed E-state index contributed by atoms with van der Waals surface area (Å²) in [6.45, 7) is 9.09. The minimum atomic E-state index is -0.0820. The summed E-state index contributed by atoms with van der Waals surface area (Å²) in [6.07, 6.45) is 2.69. The van der Waals surface area contributed by atoms with Crippen molar-refractivity contribution in [3.63, 3.8) is 0 Å². The standard InChI is InChI=1S/C13H25NO2/c1-6-16-11(15)8-13(14-5)9-12(3,4)7-10(13)2/h10,14H,6-9H2,1-5H3. The molecular weight excluding hydrogens is 202 g/mol. The van der Waals surface area contributed by atoms with Crippen LogP contribution in [-0.4, -0.2) is 25.2 Å². The molecule has 0 aliphatic heterocycles. The molecule has 1 saturated carbocycles. The average Bonchev–Trinajstić information content (AvgIpc) is 2.37. The van der Waals surface area contributed by atoms with Crippen LogP contribution in [0.2, 0.25) is 0 Å². The van der Waals surface area contributed by atoms with E-state index in [1.807, 2.05) is 14.0 Å². The van der Waals surface area contributed by atoms with Gasteiger partial charge in [-0.05, 0) is 38.1 Å². The molecular formula is C13H25NO2. The lowest BCUT2D eigenvalue weighted by molar-refractivity contribution is -0.145. The summed E-state index contributed by atoms with van der Waals surface area (Å²) < 4.78 is 5.07. The summed E-state index contributed by atoms with van der Waals surface area (Å²) in [4.78, 5) is 11.7. The van der Waals surface area contributed by atoms with E-state index >= 15 is 0 Å². The maximum atomic E-state index is 11.7. The molecule has 0 heterocycles. The Labute approximate surface area is 98.9 Å². The van der Waals surface area contributed by atoms with Gasteiger partial charge in [0.05, 0.1) is 13.0 Å². The fraction of sp³-hybridized carbons (Fsp3) is 0.923. The lowest BCUT2D eigenvalue weighted by atomic mass is 9.83. The van der Waals surface area contributed by atoms with E-state index in [0.717, 1.165) is 12.8 Å². The maximum Gasteiger partial charge on any atom is 0.307 e. The van der Waals surface area contributed by atoms with Crippen LogP contribution in [0.25, 0.3) is 0 Å². The molecule has 0 spiro atoms. The van der Waals surface area contributed by atoms with E-state index in [1.165, 1.54) is 0 Å². The first-order valence-electron chi connectivity index (χ1n) is 6.20. The highest BCUT2D eigenvalue weighted by molar-refractivity contribution is 5.71. The monoisotopic (exact) mass is 227 g/mol. The molecule has 2 atom stereocenters. The Morgan fingerprint density at radius 3 is 2.50 bits per heavy atom. The molecule has 3 nitrogen and oxygen atoms in total. The van der Waals surface area contributed by atoms with Crippen molar-refractivity contribution >= 4 is 5.97 Å². The zero-order valence-corrected chi connectivity index (χ0v) is 11.2. The lowest BCUT2D eigenvalue weighted by Gasteiger charge is -2.33. The maximum absolute atomic E-state index is 11.7. The van der Waals surface area contributed by atoms with E-state index in [9.17, 15) is 4.79 Å². The van der Waals surface area contributed by atoms with Gasteiger partial charge in [-0.1, -0.05) is 20.8 Å². The molecule has 1 aliphatic rings. The second-order valence-electron chi connectivity index (χ2n) is 5.83. The van der Waals surface area contributed by atoms with Crippen LogP contribution in [0.3, 0.4) is 0 Å². The highest BCUT2D eigenvalue weighted by Crippen LogP contribution is 2.48. The van der Waals surface area contributed by atoms with Crippen molar-refractivity contribution in [1.82, 2.24) is 5.32 Å². The van der Waals surface area contributed by atoms with Gasteiger partial charge in [0.2, 0.25) is 0 Å². The van der Waals surface area contributed by atoms with Crippen molar-refractivity contribution < 1.29 is 9.53 Å². The van der Waals surface area contributed by atoms with Crippen molar-refractivity contribution in [2.45, 2.75) is 52.5 Å². The van der Waals surface area contributed by atoms with Crippen LogP contribution in [0.4, 0.5) is 0 Å². The smallest absolute Gasteiger partial charge is 0.307 e. The molecule has 16 heavy (non-hydrogen) atoms. The summed E-state index contributed by atoms with van der Waals surface area (Å²) in [5, 5.41) is 3.37. The van der Waals surface area contributed by atoms with Gasteiger partial charge < -0.3 is 10.1 Å². The number of nitrogens with one attached hydrogen (secondary N) is 1. The van der Waals surface area contributed by atoms with Crippen LogP contribution < -0.4 is 5.32 Å². The topological polar surface area (TPSA) is 38.3 Å². The highest BCUT2D eigenvalue weighted by Gasteiger charge is 2.48. The predicted molar refractivity (Wildman–Crippen MR) is 65.2 cm³/mol. The molecule has 1 aliphatic carbocycles. The first-order chi connectivity index (χ1) is 7.35. The Bertz CT molecular complexity index is 263. The minimum absolute atomic E-state index is 0.0737. The summed E-state index contributed by atoms with van der Waals surface area (Å²) in [6, 6.07) is 0. The van der Waals surface area contributed by atoms with Crippen molar-refractivity contribution in [2.75, 3.05) is 13.7 Å². The van der Waals surface area contributed by atoms with Gasteiger partial charge in [-0.25, -0.2) is 0 Å². The molecule has 1 fully saturated rings. The van der Waals surface area contributed by atoms with Crippen LogP contribution in [0.1, 0.15) is 47.0 Å². The zero-order valence-electron chi connectivity index (χ0n) is 11.2. The van der Waals surface area contributed by atoms with Crippen LogP contribution >= 0.6 is 0 Å². The van der Waals surface area contributed by atoms with Crippen molar-refractivity contribution in [2.24, 2.45) is 11.3 Å². The Hall–Kier alpha value is -0.570. The SMILES string of the molecule is CCOC(=O)CC1(NC)CC(C)(C)CC1C. The van der Waals surface area contributed by atoms with Crippen molar-refractivity contribution in [1.29, 1.82) is 0 Å². The fourth-order valence-electron chi connectivity index (χ4n) is 3.25. The van der Waals surface area contributed by atoms with E-state index in [2.05, 4.69) is 26.1 Å². The third-order valence-electron chi connectivity index (χ3n) is 3.86. The number of ether oxygens (including phenoxy) is 1. The summed E-state index contributed by atoms with van der Waals surface area (Å²) in [5.41, 5.74) is 0.241. The average molecular weight is 227 g/mol. The first kappa shape index (κ1) is 13.5. The number of hydrogen-bond donors (Lipinski definition) is 1. The van der Waals surface area contributed by atoms with Gasteiger partial charge in [0.1, 0.15) is 0 Å². The summed E-state index contributed by atoms with van der Waals surface area (Å²) in [7, 11) is 1.96. The van der Waals surface area contributed by atoms with Gasteiger partial charge >= 0.3 is 5.97 Å². The summed E-state index contributed by atoms with van der Waals surface area (Å²) >= 11 is 0. The molecule has 0 saturated heterocycles. The third-order valence-corrected chi connectivity index (χ3v) is 3.86. The Balaban J connectivity index is 2.75. The Kier molecular flexibility index (Phi) is 4.00. The normalized spacial score (nSPS) is 32.7. The van der Waals surface area contributed by atoms with Gasteiger partial charge in [-0.2, -0.15) is 0 Å². The molecule has 1 rings (SSSR count). The molecule has 94 valence electrons. The van der Waals surface area contributed by atoms with Gasteiger partial charge in [0.25, 0.3) is 0 Å². The number of rotatable bonds is 4. The number of hydrogen-bond acceptors (Lipinski definition) is 3. The Morgan fingerprint density at radius 2 is 2.12 bits per heavy atom. The second-order valence-corrected chi connectivity index (χ2v) is 5.83. The first-order valence-corrected chi connectivity index (χ1v) is 6.20. The minimum Gasteiger partial charge on any atom is -0.466 e. The quantitative estimate of drug-likeness (QED) is 0.749. The van der Waals surface area contributed by atoms with E-state index in [0.29, 0.717) is 24.4 Å². The molecule has 0 aromatic carbocycles. The van der Waals surface area contributed by atoms with E-state index in [4.69, 9.17) is 4.74 Å². The molecule has 0 bridgehead atoms. The number of carbonyl (C=O) groups is 1. The van der Waals surface area contributed by atoms with E-state index < -0.39 is 0 Å².